The third kappa shape index (κ3) is 3.48. The Hall–Kier alpha value is -1.61. The van der Waals surface area contributed by atoms with E-state index in [0.29, 0.717) is 10.4 Å². The summed E-state index contributed by atoms with van der Waals surface area (Å²) in [5.41, 5.74) is -1.18. The molecule has 0 unspecified atom stereocenters. The fourth-order valence-corrected chi connectivity index (χ4v) is 2.67. The molecule has 0 amide bonds. The summed E-state index contributed by atoms with van der Waals surface area (Å²) in [6.07, 6.45) is -4.68. The number of aliphatic carboxylic acids is 1. The number of carboxylic acid groups (broad SMARTS) is 1. The molecule has 1 N–H and O–H groups in total. The maximum absolute atomic E-state index is 12.7. The zero-order valence-electron chi connectivity index (χ0n) is 10.6. The van der Waals surface area contributed by atoms with Crippen molar-refractivity contribution in [1.82, 2.24) is 4.31 Å². The van der Waals surface area contributed by atoms with Crippen molar-refractivity contribution in [2.24, 2.45) is 0 Å². The average molecular weight is 311 g/mol. The van der Waals surface area contributed by atoms with Crippen LogP contribution in [0, 0.1) is 6.92 Å². The van der Waals surface area contributed by atoms with Crippen LogP contribution in [0.15, 0.2) is 23.1 Å². The number of likely N-dealkylation sites (N-methyl/N-ethyl adjacent to an activating group) is 1. The monoisotopic (exact) mass is 311 g/mol. The summed E-state index contributed by atoms with van der Waals surface area (Å²) in [6, 6.07) is 2.55. The molecule has 1 aromatic rings. The van der Waals surface area contributed by atoms with Crippen LogP contribution in [0.4, 0.5) is 13.2 Å². The lowest BCUT2D eigenvalue weighted by atomic mass is 10.1. The van der Waals surface area contributed by atoms with Crippen LogP contribution in [-0.4, -0.2) is 37.4 Å². The van der Waals surface area contributed by atoms with Crippen molar-refractivity contribution in [3.63, 3.8) is 0 Å². The summed E-state index contributed by atoms with van der Waals surface area (Å²) in [7, 11) is -3.30. The lowest BCUT2D eigenvalue weighted by Crippen LogP contribution is -2.32. The summed E-state index contributed by atoms with van der Waals surface area (Å²) >= 11 is 0. The molecule has 1 rings (SSSR count). The van der Waals surface area contributed by atoms with Crippen LogP contribution >= 0.6 is 0 Å². The second kappa shape index (κ2) is 5.41. The largest absolute Gasteiger partial charge is 0.480 e. The van der Waals surface area contributed by atoms with E-state index >= 15 is 0 Å². The summed E-state index contributed by atoms with van der Waals surface area (Å²) in [6.45, 7) is 0.373. The Bertz CT molecular complexity index is 625. The van der Waals surface area contributed by atoms with Crippen molar-refractivity contribution in [2.75, 3.05) is 13.6 Å². The highest BCUT2D eigenvalue weighted by atomic mass is 32.2. The highest BCUT2D eigenvalue weighted by Crippen LogP contribution is 2.33. The van der Waals surface area contributed by atoms with Gasteiger partial charge in [-0.25, -0.2) is 8.42 Å². The van der Waals surface area contributed by atoms with E-state index in [1.54, 1.807) is 0 Å². The first-order valence-electron chi connectivity index (χ1n) is 5.32. The summed E-state index contributed by atoms with van der Waals surface area (Å²) in [4.78, 5) is 9.88. The number of benzene rings is 1. The van der Waals surface area contributed by atoms with E-state index in [0.717, 1.165) is 19.2 Å². The molecule has 0 aliphatic carbocycles. The number of hydrogen-bond acceptors (Lipinski definition) is 3. The molecule has 0 spiro atoms. The van der Waals surface area contributed by atoms with Gasteiger partial charge in [0.2, 0.25) is 10.0 Å². The number of hydrogen-bond donors (Lipinski definition) is 1. The van der Waals surface area contributed by atoms with E-state index in [-0.39, 0.29) is 5.56 Å². The van der Waals surface area contributed by atoms with E-state index in [1.807, 2.05) is 0 Å². The predicted octanol–water partition coefficient (Wildman–Crippen LogP) is 1.72. The molecular formula is C11H12F3NO4S. The van der Waals surface area contributed by atoms with Crippen LogP contribution in [-0.2, 0) is 21.0 Å². The van der Waals surface area contributed by atoms with Gasteiger partial charge in [0, 0.05) is 7.05 Å². The Labute approximate surface area is 113 Å². The van der Waals surface area contributed by atoms with Crippen molar-refractivity contribution in [1.29, 1.82) is 0 Å². The molecule has 0 aliphatic rings. The number of halogens is 3. The van der Waals surface area contributed by atoms with E-state index in [9.17, 15) is 26.4 Å². The minimum Gasteiger partial charge on any atom is -0.480 e. The molecular weight excluding hydrogens is 299 g/mol. The van der Waals surface area contributed by atoms with Crippen molar-refractivity contribution < 1.29 is 31.5 Å². The second-order valence-corrected chi connectivity index (χ2v) is 6.17. The zero-order chi connectivity index (χ0) is 15.7. The van der Waals surface area contributed by atoms with Crippen LogP contribution in [0.25, 0.3) is 0 Å². The van der Waals surface area contributed by atoms with Crippen LogP contribution < -0.4 is 0 Å². The zero-order valence-corrected chi connectivity index (χ0v) is 11.4. The van der Waals surface area contributed by atoms with Gasteiger partial charge in [0.15, 0.2) is 0 Å². The Morgan fingerprint density at radius 2 is 1.90 bits per heavy atom. The van der Waals surface area contributed by atoms with Gasteiger partial charge in [-0.2, -0.15) is 17.5 Å². The minimum atomic E-state index is -4.68. The number of rotatable bonds is 4. The highest BCUT2D eigenvalue weighted by molar-refractivity contribution is 7.89. The first kappa shape index (κ1) is 16.4. The molecule has 0 radical (unpaired) electrons. The van der Waals surface area contributed by atoms with Gasteiger partial charge in [0.25, 0.3) is 0 Å². The van der Waals surface area contributed by atoms with Crippen molar-refractivity contribution in [2.45, 2.75) is 18.0 Å². The Balaban J connectivity index is 3.31. The lowest BCUT2D eigenvalue weighted by Gasteiger charge is -2.17. The average Bonchev–Trinajstić information content (AvgIpc) is 2.26. The molecule has 5 nitrogen and oxygen atoms in total. The summed E-state index contributed by atoms with van der Waals surface area (Å²) in [5, 5.41) is 8.54. The van der Waals surface area contributed by atoms with Gasteiger partial charge in [-0.05, 0) is 24.6 Å². The molecule has 0 atom stereocenters. The number of nitrogens with zero attached hydrogens (tertiary/aromatic N) is 1. The van der Waals surface area contributed by atoms with Crippen LogP contribution in [0.5, 0.6) is 0 Å². The number of carboxylic acids is 1. The Kier molecular flexibility index (Phi) is 4.45. The number of alkyl halides is 3. The molecule has 1 aromatic carbocycles. The molecule has 0 aromatic heterocycles. The molecule has 20 heavy (non-hydrogen) atoms. The first-order valence-corrected chi connectivity index (χ1v) is 6.76. The lowest BCUT2D eigenvalue weighted by molar-refractivity contribution is -0.138. The first-order chi connectivity index (χ1) is 8.96. The van der Waals surface area contributed by atoms with Gasteiger partial charge in [-0.15, -0.1) is 0 Å². The third-order valence-corrected chi connectivity index (χ3v) is 4.38. The van der Waals surface area contributed by atoms with Gasteiger partial charge in [-0.1, -0.05) is 6.07 Å². The van der Waals surface area contributed by atoms with E-state index in [4.69, 9.17) is 5.11 Å². The molecule has 0 heterocycles. The Morgan fingerprint density at radius 3 is 2.35 bits per heavy atom. The van der Waals surface area contributed by atoms with Gasteiger partial charge in [-0.3, -0.25) is 4.79 Å². The van der Waals surface area contributed by atoms with E-state index in [2.05, 4.69) is 0 Å². The molecule has 0 fully saturated rings. The quantitative estimate of drug-likeness (QED) is 0.919. The van der Waals surface area contributed by atoms with Crippen molar-refractivity contribution >= 4 is 16.0 Å². The normalized spacial score (nSPS) is 12.7. The maximum Gasteiger partial charge on any atom is 0.416 e. The molecule has 0 aliphatic heterocycles. The fourth-order valence-electron chi connectivity index (χ4n) is 1.52. The topological polar surface area (TPSA) is 74.7 Å². The van der Waals surface area contributed by atoms with Gasteiger partial charge in [0.05, 0.1) is 10.5 Å². The molecule has 0 saturated heterocycles. The van der Waals surface area contributed by atoms with Crippen LogP contribution in [0.1, 0.15) is 11.1 Å². The number of carbonyl (C=O) groups is 1. The number of aryl methyl sites for hydroxylation is 1. The molecule has 9 heteroatoms. The van der Waals surface area contributed by atoms with Gasteiger partial charge < -0.3 is 5.11 Å². The summed E-state index contributed by atoms with van der Waals surface area (Å²) in [5.74, 6) is -1.40. The summed E-state index contributed by atoms with van der Waals surface area (Å²) < 4.78 is 62.6. The van der Waals surface area contributed by atoms with Gasteiger partial charge in [0.1, 0.15) is 6.54 Å². The SMILES string of the molecule is Cc1ccc(S(=O)(=O)N(C)CC(=O)O)cc1C(F)(F)F. The highest BCUT2D eigenvalue weighted by Gasteiger charge is 2.34. The smallest absolute Gasteiger partial charge is 0.416 e. The third-order valence-electron chi connectivity index (χ3n) is 2.58. The van der Waals surface area contributed by atoms with Crippen LogP contribution in [0.2, 0.25) is 0 Å². The Morgan fingerprint density at radius 1 is 1.35 bits per heavy atom. The molecule has 112 valence electrons. The number of sulfonamides is 1. The predicted molar refractivity (Wildman–Crippen MR) is 63.6 cm³/mol. The maximum atomic E-state index is 12.7. The second-order valence-electron chi connectivity index (χ2n) is 4.13. The van der Waals surface area contributed by atoms with E-state index < -0.39 is 39.2 Å². The van der Waals surface area contributed by atoms with Crippen LogP contribution in [0.3, 0.4) is 0 Å². The molecule has 0 saturated carbocycles. The van der Waals surface area contributed by atoms with Crippen molar-refractivity contribution in [3.05, 3.63) is 29.3 Å². The van der Waals surface area contributed by atoms with Gasteiger partial charge >= 0.3 is 12.1 Å². The minimum absolute atomic E-state index is 0.114. The molecule has 0 bridgehead atoms. The fraction of sp³-hybridized carbons (Fsp3) is 0.364. The van der Waals surface area contributed by atoms with Crippen molar-refractivity contribution in [3.8, 4) is 0 Å². The van der Waals surface area contributed by atoms with E-state index in [1.165, 1.54) is 6.92 Å². The standard InChI is InChI=1S/C11H12F3NO4S/c1-7-3-4-8(5-9(7)11(12,13)14)20(18,19)15(2)6-10(16)17/h3-5H,6H2,1-2H3,(H,16,17).